The van der Waals surface area contributed by atoms with Crippen LogP contribution < -0.4 is 10.1 Å². The lowest BCUT2D eigenvalue weighted by Crippen LogP contribution is -2.19. The number of likely N-dealkylation sites (N-methyl/N-ethyl adjacent to an activating group) is 1. The van der Waals surface area contributed by atoms with E-state index in [9.17, 15) is 4.79 Å². The molecule has 2 rings (SSSR count). The normalized spacial score (nSPS) is 10.8. The number of nitrogens with one attached hydrogen (secondary N) is 1. The largest absolute Gasteiger partial charge is 0.492 e. The zero-order chi connectivity index (χ0) is 16.8. The van der Waals surface area contributed by atoms with E-state index in [2.05, 4.69) is 15.3 Å². The fraction of sp³-hybridized carbons (Fsp3) is 0.412. The van der Waals surface area contributed by atoms with Gasteiger partial charge in [-0.25, -0.2) is 0 Å². The Kier molecular flexibility index (Phi) is 5.76. The van der Waals surface area contributed by atoms with Gasteiger partial charge in [0, 0.05) is 24.8 Å². The van der Waals surface area contributed by atoms with E-state index in [4.69, 9.17) is 4.74 Å². The highest BCUT2D eigenvalue weighted by Gasteiger charge is 2.13. The third-order valence-electron chi connectivity index (χ3n) is 3.33. The fourth-order valence-corrected chi connectivity index (χ4v) is 2.17. The van der Waals surface area contributed by atoms with Gasteiger partial charge in [-0.3, -0.25) is 9.48 Å². The third kappa shape index (κ3) is 4.82. The molecule has 0 aliphatic rings. The highest BCUT2D eigenvalue weighted by atomic mass is 16.5. The van der Waals surface area contributed by atoms with Gasteiger partial charge in [0.1, 0.15) is 18.1 Å². The van der Waals surface area contributed by atoms with Gasteiger partial charge in [0.15, 0.2) is 0 Å². The van der Waals surface area contributed by atoms with Crippen LogP contribution in [0.5, 0.6) is 5.75 Å². The minimum atomic E-state index is -0.169. The molecule has 0 spiro atoms. The summed E-state index contributed by atoms with van der Waals surface area (Å²) in [5.74, 6) is 0.572. The molecule has 1 heterocycles. The SMILES string of the molecule is CCn1nc(C)cc1C(=O)Nc1cccc(OCCN(C)C)c1. The zero-order valence-corrected chi connectivity index (χ0v) is 14.2. The molecule has 0 unspecified atom stereocenters. The van der Waals surface area contributed by atoms with Gasteiger partial charge in [0.2, 0.25) is 0 Å². The summed E-state index contributed by atoms with van der Waals surface area (Å²) in [4.78, 5) is 14.5. The highest BCUT2D eigenvalue weighted by molar-refractivity contribution is 6.03. The van der Waals surface area contributed by atoms with E-state index in [1.807, 2.05) is 52.2 Å². The number of nitrogens with zero attached hydrogens (tertiary/aromatic N) is 3. The molecular weight excluding hydrogens is 292 g/mol. The van der Waals surface area contributed by atoms with Gasteiger partial charge in [0.25, 0.3) is 5.91 Å². The summed E-state index contributed by atoms with van der Waals surface area (Å²) in [6.07, 6.45) is 0. The van der Waals surface area contributed by atoms with Crippen molar-refractivity contribution in [2.45, 2.75) is 20.4 Å². The first kappa shape index (κ1) is 17.0. The number of aryl methyl sites for hydroxylation is 2. The number of aromatic nitrogens is 2. The van der Waals surface area contributed by atoms with Gasteiger partial charge in [-0.2, -0.15) is 5.10 Å². The Labute approximate surface area is 137 Å². The minimum Gasteiger partial charge on any atom is -0.492 e. The molecule has 0 bridgehead atoms. The van der Waals surface area contributed by atoms with Crippen molar-refractivity contribution in [3.05, 3.63) is 41.7 Å². The average Bonchev–Trinajstić information content (AvgIpc) is 2.88. The number of carbonyl (C=O) groups excluding carboxylic acids is 1. The fourth-order valence-electron chi connectivity index (χ4n) is 2.17. The van der Waals surface area contributed by atoms with Crippen LogP contribution in [0.4, 0.5) is 5.69 Å². The second-order valence-corrected chi connectivity index (χ2v) is 5.62. The summed E-state index contributed by atoms with van der Waals surface area (Å²) < 4.78 is 7.38. The first-order valence-electron chi connectivity index (χ1n) is 7.73. The maximum Gasteiger partial charge on any atom is 0.273 e. The van der Waals surface area contributed by atoms with Crippen LogP contribution in [0.25, 0.3) is 0 Å². The Bertz CT molecular complexity index is 664. The predicted octanol–water partition coefficient (Wildman–Crippen LogP) is 2.40. The summed E-state index contributed by atoms with van der Waals surface area (Å²) in [5.41, 5.74) is 2.10. The van der Waals surface area contributed by atoms with Crippen LogP contribution in [0, 0.1) is 6.92 Å². The molecule has 2 aromatic rings. The molecule has 1 aromatic heterocycles. The molecule has 0 fully saturated rings. The number of hydrogen-bond donors (Lipinski definition) is 1. The van der Waals surface area contributed by atoms with Crippen LogP contribution >= 0.6 is 0 Å². The van der Waals surface area contributed by atoms with Crippen LogP contribution in [-0.2, 0) is 6.54 Å². The number of ether oxygens (including phenoxy) is 1. The Morgan fingerprint density at radius 1 is 1.35 bits per heavy atom. The number of anilines is 1. The predicted molar refractivity (Wildman–Crippen MR) is 91.1 cm³/mol. The number of amides is 1. The van der Waals surface area contributed by atoms with Crippen LogP contribution in [0.2, 0.25) is 0 Å². The molecule has 1 N–H and O–H groups in total. The van der Waals surface area contributed by atoms with Crippen molar-refractivity contribution in [1.29, 1.82) is 0 Å². The third-order valence-corrected chi connectivity index (χ3v) is 3.33. The molecule has 6 nitrogen and oxygen atoms in total. The molecule has 124 valence electrons. The topological polar surface area (TPSA) is 59.4 Å². The first-order valence-corrected chi connectivity index (χ1v) is 7.73. The van der Waals surface area contributed by atoms with Crippen molar-refractivity contribution in [2.75, 3.05) is 32.6 Å². The van der Waals surface area contributed by atoms with Crippen molar-refractivity contribution >= 4 is 11.6 Å². The quantitative estimate of drug-likeness (QED) is 0.852. The monoisotopic (exact) mass is 316 g/mol. The molecule has 0 aliphatic heterocycles. The number of carbonyl (C=O) groups is 1. The lowest BCUT2D eigenvalue weighted by atomic mass is 10.2. The van der Waals surface area contributed by atoms with Crippen molar-refractivity contribution < 1.29 is 9.53 Å². The molecule has 23 heavy (non-hydrogen) atoms. The van der Waals surface area contributed by atoms with E-state index in [-0.39, 0.29) is 5.91 Å². The lowest BCUT2D eigenvalue weighted by molar-refractivity contribution is 0.101. The Morgan fingerprint density at radius 3 is 2.83 bits per heavy atom. The summed E-state index contributed by atoms with van der Waals surface area (Å²) in [7, 11) is 4.00. The van der Waals surface area contributed by atoms with Crippen molar-refractivity contribution in [3.63, 3.8) is 0 Å². The summed E-state index contributed by atoms with van der Waals surface area (Å²) in [6, 6.07) is 9.20. The Hall–Kier alpha value is -2.34. The van der Waals surface area contributed by atoms with Crippen molar-refractivity contribution in [1.82, 2.24) is 14.7 Å². The maximum absolute atomic E-state index is 12.4. The smallest absolute Gasteiger partial charge is 0.273 e. The van der Waals surface area contributed by atoms with Gasteiger partial charge in [0.05, 0.1) is 5.69 Å². The van der Waals surface area contributed by atoms with Crippen molar-refractivity contribution in [2.24, 2.45) is 0 Å². The van der Waals surface area contributed by atoms with E-state index in [1.54, 1.807) is 10.7 Å². The van der Waals surface area contributed by atoms with Crippen molar-refractivity contribution in [3.8, 4) is 5.75 Å². The maximum atomic E-state index is 12.4. The van der Waals surface area contributed by atoms with Crippen LogP contribution in [0.3, 0.4) is 0 Å². The molecule has 0 radical (unpaired) electrons. The molecule has 0 saturated heterocycles. The van der Waals surface area contributed by atoms with Gasteiger partial charge < -0.3 is 15.0 Å². The molecule has 1 amide bonds. The molecule has 0 aliphatic carbocycles. The molecule has 6 heteroatoms. The number of rotatable bonds is 7. The lowest BCUT2D eigenvalue weighted by Gasteiger charge is -2.12. The van der Waals surface area contributed by atoms with Crippen LogP contribution in [0.1, 0.15) is 23.1 Å². The van der Waals surface area contributed by atoms with Crippen LogP contribution in [-0.4, -0.2) is 47.8 Å². The van der Waals surface area contributed by atoms with Gasteiger partial charge >= 0.3 is 0 Å². The zero-order valence-electron chi connectivity index (χ0n) is 14.2. The van der Waals surface area contributed by atoms with Crippen LogP contribution in [0.15, 0.2) is 30.3 Å². The first-order chi connectivity index (χ1) is 11.0. The van der Waals surface area contributed by atoms with E-state index in [0.29, 0.717) is 24.5 Å². The number of benzene rings is 1. The van der Waals surface area contributed by atoms with E-state index >= 15 is 0 Å². The molecular formula is C17H24N4O2. The minimum absolute atomic E-state index is 0.169. The van der Waals surface area contributed by atoms with Gasteiger partial charge in [-0.05, 0) is 46.1 Å². The summed E-state index contributed by atoms with van der Waals surface area (Å²) in [5, 5.41) is 7.19. The van der Waals surface area contributed by atoms with E-state index < -0.39 is 0 Å². The second kappa shape index (κ2) is 7.78. The second-order valence-electron chi connectivity index (χ2n) is 5.62. The molecule has 0 saturated carbocycles. The van der Waals surface area contributed by atoms with Gasteiger partial charge in [-0.15, -0.1) is 0 Å². The van der Waals surface area contributed by atoms with E-state index in [0.717, 1.165) is 18.0 Å². The van der Waals surface area contributed by atoms with E-state index in [1.165, 1.54) is 0 Å². The Balaban J connectivity index is 2.03. The average molecular weight is 316 g/mol. The number of hydrogen-bond acceptors (Lipinski definition) is 4. The standard InChI is InChI=1S/C17H24N4O2/c1-5-21-16(11-13(2)19-21)17(22)18-14-7-6-8-15(12-14)23-10-9-20(3)4/h6-8,11-12H,5,9-10H2,1-4H3,(H,18,22). The van der Waals surface area contributed by atoms with Gasteiger partial charge in [-0.1, -0.05) is 6.07 Å². The summed E-state index contributed by atoms with van der Waals surface area (Å²) in [6.45, 7) is 5.94. The summed E-state index contributed by atoms with van der Waals surface area (Å²) >= 11 is 0. The Morgan fingerprint density at radius 2 is 2.13 bits per heavy atom. The molecule has 1 aromatic carbocycles. The highest BCUT2D eigenvalue weighted by Crippen LogP contribution is 2.18. The molecule has 0 atom stereocenters.